The average molecular weight is 280 g/mol. The Morgan fingerprint density at radius 1 is 1.16 bits per heavy atom. The van der Waals surface area contributed by atoms with Gasteiger partial charge in [-0.1, -0.05) is 0 Å². The van der Waals surface area contributed by atoms with Gasteiger partial charge in [-0.2, -0.15) is 0 Å². The fourth-order valence-corrected chi connectivity index (χ4v) is 1.24. The SMILES string of the molecule is N[C@@H](C=O)CC(=O)NC[C@H](O)[C@@H](O)[C@H](O)[C@H](O)CO. The summed E-state index contributed by atoms with van der Waals surface area (Å²) in [4.78, 5) is 21.4. The van der Waals surface area contributed by atoms with Gasteiger partial charge >= 0.3 is 0 Å². The lowest BCUT2D eigenvalue weighted by Crippen LogP contribution is -2.50. The smallest absolute Gasteiger partial charge is 0.222 e. The van der Waals surface area contributed by atoms with Crippen LogP contribution >= 0.6 is 0 Å². The van der Waals surface area contributed by atoms with Gasteiger partial charge in [0.15, 0.2) is 0 Å². The van der Waals surface area contributed by atoms with E-state index in [1.165, 1.54) is 0 Å². The van der Waals surface area contributed by atoms with Crippen LogP contribution in [0.25, 0.3) is 0 Å². The van der Waals surface area contributed by atoms with Crippen LogP contribution in [0.1, 0.15) is 6.42 Å². The van der Waals surface area contributed by atoms with Crippen molar-refractivity contribution < 1.29 is 35.1 Å². The van der Waals surface area contributed by atoms with E-state index in [0.717, 1.165) is 0 Å². The number of hydrogen-bond donors (Lipinski definition) is 7. The fraction of sp³-hybridized carbons (Fsp3) is 0.800. The Morgan fingerprint density at radius 3 is 2.16 bits per heavy atom. The predicted octanol–water partition coefficient (Wildman–Crippen LogP) is -4.55. The molecule has 0 saturated heterocycles. The maximum Gasteiger partial charge on any atom is 0.222 e. The summed E-state index contributed by atoms with van der Waals surface area (Å²) in [5.41, 5.74) is 5.20. The third-order valence-corrected chi connectivity index (χ3v) is 2.43. The van der Waals surface area contributed by atoms with Crippen molar-refractivity contribution in [3.63, 3.8) is 0 Å². The number of aldehydes is 1. The summed E-state index contributed by atoms with van der Waals surface area (Å²) in [6.45, 7) is -1.19. The molecule has 0 fully saturated rings. The summed E-state index contributed by atoms with van der Waals surface area (Å²) in [6.07, 6.45) is -6.53. The molecule has 8 N–H and O–H groups in total. The van der Waals surface area contributed by atoms with Crippen molar-refractivity contribution in [2.24, 2.45) is 5.73 Å². The number of aliphatic hydroxyl groups excluding tert-OH is 5. The molecule has 0 heterocycles. The molecular formula is C10H20N2O7. The van der Waals surface area contributed by atoms with E-state index < -0.39 is 49.5 Å². The molecule has 0 saturated carbocycles. The number of nitrogens with two attached hydrogens (primary N) is 1. The molecule has 9 heteroatoms. The van der Waals surface area contributed by atoms with E-state index in [9.17, 15) is 24.9 Å². The Balaban J connectivity index is 4.12. The van der Waals surface area contributed by atoms with E-state index in [2.05, 4.69) is 5.32 Å². The standard InChI is InChI=1S/C10H20N2O7/c11-5(3-13)1-8(17)12-2-6(15)9(18)10(19)7(16)4-14/h3,5-7,9-10,14-16,18-19H,1-2,4,11H2,(H,12,17)/t5-,6+,7-,9-,10-/m1/s1. The van der Waals surface area contributed by atoms with Crippen LogP contribution in [-0.2, 0) is 9.59 Å². The minimum Gasteiger partial charge on any atom is -0.394 e. The first kappa shape index (κ1) is 17.9. The summed E-state index contributed by atoms with van der Waals surface area (Å²) in [7, 11) is 0. The summed E-state index contributed by atoms with van der Waals surface area (Å²) in [6, 6.07) is -0.955. The van der Waals surface area contributed by atoms with Gasteiger partial charge in [-0.15, -0.1) is 0 Å². The van der Waals surface area contributed by atoms with Gasteiger partial charge in [0.05, 0.1) is 18.8 Å². The molecule has 19 heavy (non-hydrogen) atoms. The zero-order valence-corrected chi connectivity index (χ0v) is 10.2. The first-order valence-corrected chi connectivity index (χ1v) is 5.64. The highest BCUT2D eigenvalue weighted by atomic mass is 16.4. The number of carbonyl (C=O) groups is 2. The van der Waals surface area contributed by atoms with Gasteiger partial charge < -0.3 is 41.4 Å². The molecular weight excluding hydrogens is 260 g/mol. The van der Waals surface area contributed by atoms with Crippen LogP contribution in [0.4, 0.5) is 0 Å². The highest BCUT2D eigenvalue weighted by Crippen LogP contribution is 2.04. The van der Waals surface area contributed by atoms with Crippen LogP contribution < -0.4 is 11.1 Å². The monoisotopic (exact) mass is 280 g/mol. The quantitative estimate of drug-likeness (QED) is 0.207. The largest absolute Gasteiger partial charge is 0.394 e. The Bertz CT molecular complexity index is 289. The molecule has 0 aromatic rings. The molecule has 0 aromatic heterocycles. The molecule has 0 rings (SSSR count). The van der Waals surface area contributed by atoms with E-state index in [1.807, 2.05) is 0 Å². The van der Waals surface area contributed by atoms with Crippen LogP contribution in [0.5, 0.6) is 0 Å². The second-order valence-corrected chi connectivity index (χ2v) is 4.11. The zero-order valence-electron chi connectivity index (χ0n) is 10.2. The van der Waals surface area contributed by atoms with Crippen molar-refractivity contribution in [2.75, 3.05) is 13.2 Å². The summed E-state index contributed by atoms with van der Waals surface area (Å²) >= 11 is 0. The Labute approximate surface area is 109 Å². The van der Waals surface area contributed by atoms with Crippen LogP contribution in [0.15, 0.2) is 0 Å². The Kier molecular flexibility index (Phi) is 8.39. The molecule has 0 unspecified atom stereocenters. The van der Waals surface area contributed by atoms with Gasteiger partial charge in [0.25, 0.3) is 0 Å². The third-order valence-electron chi connectivity index (χ3n) is 2.43. The number of nitrogens with one attached hydrogen (secondary N) is 1. The van der Waals surface area contributed by atoms with Gasteiger partial charge in [-0.3, -0.25) is 4.79 Å². The lowest BCUT2D eigenvalue weighted by Gasteiger charge is -2.25. The molecule has 0 radical (unpaired) electrons. The van der Waals surface area contributed by atoms with Gasteiger partial charge in [0, 0.05) is 13.0 Å². The number of hydrogen-bond acceptors (Lipinski definition) is 8. The van der Waals surface area contributed by atoms with Crippen molar-refractivity contribution in [3.8, 4) is 0 Å². The van der Waals surface area contributed by atoms with Crippen LogP contribution in [-0.4, -0.2) is 81.3 Å². The van der Waals surface area contributed by atoms with E-state index in [-0.39, 0.29) is 6.42 Å². The first-order chi connectivity index (χ1) is 8.83. The molecule has 0 aliphatic heterocycles. The molecule has 0 aromatic carbocycles. The minimum atomic E-state index is -1.76. The van der Waals surface area contributed by atoms with Crippen molar-refractivity contribution >= 4 is 12.2 Å². The van der Waals surface area contributed by atoms with Crippen LogP contribution in [0.3, 0.4) is 0 Å². The van der Waals surface area contributed by atoms with E-state index in [4.69, 9.17) is 15.9 Å². The lowest BCUT2D eigenvalue weighted by molar-refractivity contribution is -0.127. The van der Waals surface area contributed by atoms with Crippen molar-refractivity contribution in [1.29, 1.82) is 0 Å². The number of amides is 1. The molecule has 0 spiro atoms. The van der Waals surface area contributed by atoms with Crippen molar-refractivity contribution in [2.45, 2.75) is 36.9 Å². The number of rotatable bonds is 9. The van der Waals surface area contributed by atoms with Gasteiger partial charge in [-0.05, 0) is 0 Å². The third kappa shape index (κ3) is 6.57. The molecule has 1 amide bonds. The van der Waals surface area contributed by atoms with Crippen LogP contribution in [0.2, 0.25) is 0 Å². The van der Waals surface area contributed by atoms with E-state index in [1.54, 1.807) is 0 Å². The molecule has 0 bridgehead atoms. The van der Waals surface area contributed by atoms with Gasteiger partial charge in [0.1, 0.15) is 24.6 Å². The molecule has 9 nitrogen and oxygen atoms in total. The molecule has 0 aliphatic carbocycles. The molecule has 5 atom stereocenters. The van der Waals surface area contributed by atoms with Crippen LogP contribution in [0, 0.1) is 0 Å². The Morgan fingerprint density at radius 2 is 1.68 bits per heavy atom. The zero-order chi connectivity index (χ0) is 15.0. The molecule has 0 aliphatic rings. The van der Waals surface area contributed by atoms with Gasteiger partial charge in [-0.25, -0.2) is 0 Å². The fourth-order valence-electron chi connectivity index (χ4n) is 1.24. The summed E-state index contributed by atoms with van der Waals surface area (Å²) in [5, 5.41) is 48.0. The van der Waals surface area contributed by atoms with Gasteiger partial charge in [0.2, 0.25) is 5.91 Å². The lowest BCUT2D eigenvalue weighted by atomic mass is 10.0. The number of carbonyl (C=O) groups excluding carboxylic acids is 2. The second-order valence-electron chi connectivity index (χ2n) is 4.11. The Hall–Kier alpha value is -1.10. The maximum absolute atomic E-state index is 11.2. The van der Waals surface area contributed by atoms with E-state index in [0.29, 0.717) is 6.29 Å². The second kappa shape index (κ2) is 8.91. The normalized spacial score (nSPS) is 19.1. The first-order valence-electron chi connectivity index (χ1n) is 5.64. The number of aliphatic hydroxyl groups is 5. The highest BCUT2D eigenvalue weighted by Gasteiger charge is 2.30. The predicted molar refractivity (Wildman–Crippen MR) is 62.8 cm³/mol. The minimum absolute atomic E-state index is 0.270. The highest BCUT2D eigenvalue weighted by molar-refractivity contribution is 5.80. The maximum atomic E-state index is 11.2. The molecule has 112 valence electrons. The summed E-state index contributed by atoms with van der Waals surface area (Å²) in [5.74, 6) is -0.608. The van der Waals surface area contributed by atoms with E-state index >= 15 is 0 Å². The van der Waals surface area contributed by atoms with Crippen molar-refractivity contribution in [1.82, 2.24) is 5.32 Å². The van der Waals surface area contributed by atoms with Crippen molar-refractivity contribution in [3.05, 3.63) is 0 Å². The summed E-state index contributed by atoms with van der Waals surface area (Å²) < 4.78 is 0. The average Bonchev–Trinajstić information content (AvgIpc) is 2.41. The topological polar surface area (TPSA) is 173 Å².